The Hall–Kier alpha value is -2.40. The molecule has 0 unspecified atom stereocenters. The Labute approximate surface area is 159 Å². The Morgan fingerprint density at radius 1 is 1.39 bits per heavy atom. The van der Waals surface area contributed by atoms with Crippen LogP contribution >= 0.6 is 0 Å². The summed E-state index contributed by atoms with van der Waals surface area (Å²) in [4.78, 5) is 37.0. The van der Waals surface area contributed by atoms with E-state index in [1.165, 1.54) is 0 Å². The molecule has 1 aromatic rings. The maximum absolute atomic E-state index is 14.3. The fourth-order valence-electron chi connectivity index (χ4n) is 2.81. The van der Waals surface area contributed by atoms with E-state index in [0.29, 0.717) is 17.4 Å². The SMILES string of the molecule is Nc1ccn([C@@H]2O[C@H](COC(=O)CCCCCCC=O)[C@@H](O)C2(F)F)c(=O)n1. The van der Waals surface area contributed by atoms with Crippen LogP contribution in [0.25, 0.3) is 0 Å². The fraction of sp³-hybridized carbons (Fsp3) is 0.647. The zero-order valence-electron chi connectivity index (χ0n) is 15.1. The molecule has 1 fully saturated rings. The van der Waals surface area contributed by atoms with Crippen LogP contribution in [0.1, 0.15) is 44.8 Å². The first-order valence-corrected chi connectivity index (χ1v) is 8.92. The summed E-state index contributed by atoms with van der Waals surface area (Å²) in [7, 11) is 0. The molecule has 11 heteroatoms. The summed E-state index contributed by atoms with van der Waals surface area (Å²) in [5.74, 6) is -4.54. The first-order valence-electron chi connectivity index (χ1n) is 8.92. The molecule has 9 nitrogen and oxygen atoms in total. The second-order valence-electron chi connectivity index (χ2n) is 6.49. The number of aromatic nitrogens is 2. The molecule has 0 saturated carbocycles. The number of aliphatic hydroxyl groups is 1. The highest BCUT2D eigenvalue weighted by atomic mass is 19.3. The molecule has 1 aliphatic rings. The average molecular weight is 403 g/mol. The Bertz CT molecular complexity index is 742. The Kier molecular flexibility index (Phi) is 7.58. The normalized spacial score (nSPS) is 23.5. The lowest BCUT2D eigenvalue weighted by molar-refractivity contribution is -0.150. The lowest BCUT2D eigenvalue weighted by Crippen LogP contribution is -2.42. The van der Waals surface area contributed by atoms with E-state index >= 15 is 0 Å². The predicted molar refractivity (Wildman–Crippen MR) is 92.5 cm³/mol. The zero-order chi connectivity index (χ0) is 20.7. The second kappa shape index (κ2) is 9.69. The van der Waals surface area contributed by atoms with Gasteiger partial charge >= 0.3 is 17.6 Å². The largest absolute Gasteiger partial charge is 0.463 e. The minimum absolute atomic E-state index is 0.0884. The maximum Gasteiger partial charge on any atom is 0.351 e. The van der Waals surface area contributed by atoms with Crippen LogP contribution in [0.4, 0.5) is 14.6 Å². The van der Waals surface area contributed by atoms with Gasteiger partial charge in [0, 0.05) is 19.0 Å². The molecule has 1 aliphatic heterocycles. The molecule has 2 rings (SSSR count). The molecule has 1 aromatic heterocycles. The van der Waals surface area contributed by atoms with Crippen LogP contribution in [0.3, 0.4) is 0 Å². The van der Waals surface area contributed by atoms with Crippen LogP contribution in [-0.4, -0.2) is 51.7 Å². The van der Waals surface area contributed by atoms with Gasteiger partial charge < -0.3 is 25.1 Å². The van der Waals surface area contributed by atoms with Crippen molar-refractivity contribution in [3.05, 3.63) is 22.7 Å². The Morgan fingerprint density at radius 3 is 2.79 bits per heavy atom. The lowest BCUT2D eigenvalue weighted by Gasteiger charge is -2.20. The van der Waals surface area contributed by atoms with Gasteiger partial charge in [0.25, 0.3) is 0 Å². The van der Waals surface area contributed by atoms with Crippen molar-refractivity contribution in [2.24, 2.45) is 0 Å². The molecule has 3 N–H and O–H groups in total. The molecule has 156 valence electrons. The van der Waals surface area contributed by atoms with E-state index in [1.807, 2.05) is 0 Å². The van der Waals surface area contributed by atoms with Crippen molar-refractivity contribution < 1.29 is 33.0 Å². The number of aliphatic hydroxyl groups excluding tert-OH is 1. The number of ether oxygens (including phenoxy) is 2. The first-order chi connectivity index (χ1) is 13.3. The third-order valence-electron chi connectivity index (χ3n) is 4.35. The van der Waals surface area contributed by atoms with Gasteiger partial charge in [-0.25, -0.2) is 4.79 Å². The van der Waals surface area contributed by atoms with Crippen LogP contribution in [-0.2, 0) is 19.1 Å². The number of hydrogen-bond donors (Lipinski definition) is 2. The van der Waals surface area contributed by atoms with Gasteiger partial charge in [0.05, 0.1) is 0 Å². The van der Waals surface area contributed by atoms with E-state index in [1.54, 1.807) is 0 Å². The summed E-state index contributed by atoms with van der Waals surface area (Å²) in [6.07, 6.45) is -0.646. The van der Waals surface area contributed by atoms with Crippen LogP contribution < -0.4 is 11.4 Å². The van der Waals surface area contributed by atoms with Crippen molar-refractivity contribution in [2.75, 3.05) is 12.3 Å². The van der Waals surface area contributed by atoms with Crippen LogP contribution in [0.2, 0.25) is 0 Å². The number of nitrogens with two attached hydrogens (primary N) is 1. The zero-order valence-corrected chi connectivity index (χ0v) is 15.1. The predicted octanol–water partition coefficient (Wildman–Crippen LogP) is 0.802. The lowest BCUT2D eigenvalue weighted by atomic mass is 10.1. The van der Waals surface area contributed by atoms with Gasteiger partial charge in [-0.2, -0.15) is 13.8 Å². The Morgan fingerprint density at radius 2 is 2.11 bits per heavy atom. The quantitative estimate of drug-likeness (QED) is 0.333. The van der Waals surface area contributed by atoms with Gasteiger partial charge in [0.2, 0.25) is 6.23 Å². The number of hydrogen-bond acceptors (Lipinski definition) is 8. The van der Waals surface area contributed by atoms with Crippen molar-refractivity contribution in [2.45, 2.75) is 62.9 Å². The van der Waals surface area contributed by atoms with E-state index in [2.05, 4.69) is 4.98 Å². The topological polar surface area (TPSA) is 134 Å². The number of alkyl halides is 2. The highest BCUT2D eigenvalue weighted by Crippen LogP contribution is 2.42. The summed E-state index contributed by atoms with van der Waals surface area (Å²) < 4.78 is 39.2. The van der Waals surface area contributed by atoms with Crippen molar-refractivity contribution in [3.63, 3.8) is 0 Å². The molecule has 3 atom stereocenters. The number of carbonyl (C=O) groups is 2. The van der Waals surface area contributed by atoms with Crippen molar-refractivity contribution in [1.29, 1.82) is 0 Å². The molecule has 0 spiro atoms. The smallest absolute Gasteiger partial charge is 0.351 e. The van der Waals surface area contributed by atoms with E-state index in [0.717, 1.165) is 37.8 Å². The van der Waals surface area contributed by atoms with E-state index < -0.39 is 42.6 Å². The monoisotopic (exact) mass is 403 g/mol. The van der Waals surface area contributed by atoms with Crippen molar-refractivity contribution in [1.82, 2.24) is 9.55 Å². The van der Waals surface area contributed by atoms with Gasteiger partial charge in [-0.1, -0.05) is 12.8 Å². The number of nitrogen functional groups attached to an aromatic ring is 1. The minimum atomic E-state index is -3.79. The Balaban J connectivity index is 1.87. The number of unbranched alkanes of at least 4 members (excludes halogenated alkanes) is 4. The highest BCUT2D eigenvalue weighted by molar-refractivity contribution is 5.69. The van der Waals surface area contributed by atoms with Crippen molar-refractivity contribution in [3.8, 4) is 0 Å². The molecule has 0 bridgehead atoms. The maximum atomic E-state index is 14.3. The summed E-state index contributed by atoms with van der Waals surface area (Å²) in [5.41, 5.74) is 4.28. The third kappa shape index (κ3) is 5.32. The van der Waals surface area contributed by atoms with Crippen LogP contribution in [0.15, 0.2) is 17.1 Å². The van der Waals surface area contributed by atoms with Gasteiger partial charge in [0.1, 0.15) is 24.8 Å². The molecule has 1 saturated heterocycles. The molecule has 0 aliphatic carbocycles. The summed E-state index contributed by atoms with van der Waals surface area (Å²) in [5, 5.41) is 9.85. The first kappa shape index (κ1) is 21.9. The number of anilines is 1. The number of nitrogens with zero attached hydrogens (tertiary/aromatic N) is 2. The standard InChI is InChI=1S/C17H23F2N3O6/c18-17(19)14(25)11(10-27-13(24)6-4-2-1-3-5-9-23)28-15(17)22-8-7-12(20)21-16(22)26/h7-9,11,14-15,25H,1-6,10H2,(H2,20,21,26)/t11-,14-,15-/m1/s1. The molecule has 0 aromatic carbocycles. The molecule has 0 radical (unpaired) electrons. The van der Waals surface area contributed by atoms with Gasteiger partial charge in [0.15, 0.2) is 6.10 Å². The molecular weight excluding hydrogens is 380 g/mol. The van der Waals surface area contributed by atoms with E-state index in [-0.39, 0.29) is 12.2 Å². The fourth-order valence-corrected chi connectivity index (χ4v) is 2.81. The van der Waals surface area contributed by atoms with Gasteiger partial charge in [-0.05, 0) is 18.9 Å². The number of rotatable bonds is 10. The second-order valence-corrected chi connectivity index (χ2v) is 6.49. The molecule has 2 heterocycles. The highest BCUT2D eigenvalue weighted by Gasteiger charge is 2.60. The summed E-state index contributed by atoms with van der Waals surface area (Å²) >= 11 is 0. The van der Waals surface area contributed by atoms with Crippen LogP contribution in [0, 0.1) is 0 Å². The summed E-state index contributed by atoms with van der Waals surface area (Å²) in [6.45, 7) is -0.575. The number of aldehydes is 1. The van der Waals surface area contributed by atoms with Crippen LogP contribution in [0.5, 0.6) is 0 Å². The number of esters is 1. The molecular formula is C17H23F2N3O6. The number of carbonyl (C=O) groups excluding carboxylic acids is 2. The van der Waals surface area contributed by atoms with E-state index in [9.17, 15) is 28.3 Å². The molecule has 0 amide bonds. The number of halogens is 2. The van der Waals surface area contributed by atoms with Crippen molar-refractivity contribution >= 4 is 18.1 Å². The van der Waals surface area contributed by atoms with Gasteiger partial charge in [-0.15, -0.1) is 0 Å². The van der Waals surface area contributed by atoms with E-state index in [4.69, 9.17) is 15.2 Å². The third-order valence-corrected chi connectivity index (χ3v) is 4.35. The van der Waals surface area contributed by atoms with Gasteiger partial charge in [-0.3, -0.25) is 9.36 Å². The summed E-state index contributed by atoms with van der Waals surface area (Å²) in [6, 6.07) is 1.15. The molecule has 28 heavy (non-hydrogen) atoms. The average Bonchev–Trinajstić information content (AvgIpc) is 2.86. The minimum Gasteiger partial charge on any atom is -0.463 e.